The van der Waals surface area contributed by atoms with Crippen LogP contribution in [0, 0.1) is 11.8 Å². The van der Waals surface area contributed by atoms with E-state index in [2.05, 4.69) is 5.32 Å². The van der Waals surface area contributed by atoms with Crippen molar-refractivity contribution in [3.63, 3.8) is 0 Å². The first-order valence-corrected chi connectivity index (χ1v) is 8.02. The van der Waals surface area contributed by atoms with E-state index in [1.807, 2.05) is 0 Å². The molecule has 0 saturated heterocycles. The largest absolute Gasteiger partial charge is 0.313 e. The Hall–Kier alpha value is 0.110. The third-order valence-electron chi connectivity index (χ3n) is 3.83. The second-order valence-electron chi connectivity index (χ2n) is 5.19. The average molecular weight is 229 g/mol. The fraction of sp³-hybridized carbons (Fsp3) is 1.00. The third-order valence-corrected chi connectivity index (χ3v) is 4.61. The summed E-state index contributed by atoms with van der Waals surface area (Å²) in [6.07, 6.45) is 10.3. The Labute approximate surface area is 95.7 Å². The lowest BCUT2D eigenvalue weighted by molar-refractivity contribution is 0.264. The molecule has 0 radical (unpaired) electrons. The summed E-state index contributed by atoms with van der Waals surface area (Å²) < 4.78 is 10.9. The predicted molar refractivity (Wildman–Crippen MR) is 65.4 cm³/mol. The molecule has 2 saturated carbocycles. The summed E-state index contributed by atoms with van der Waals surface area (Å²) in [5.41, 5.74) is 0. The number of hydrogen-bond acceptors (Lipinski definition) is 2. The van der Waals surface area contributed by atoms with E-state index in [1.165, 1.54) is 38.5 Å². The molecule has 2 aliphatic carbocycles. The van der Waals surface area contributed by atoms with Gasteiger partial charge in [-0.15, -0.1) is 0 Å². The van der Waals surface area contributed by atoms with Crippen LogP contribution in [0.1, 0.15) is 38.5 Å². The maximum atomic E-state index is 10.9. The van der Waals surface area contributed by atoms with Crippen LogP contribution in [0.5, 0.6) is 0 Å². The van der Waals surface area contributed by atoms with Crippen LogP contribution in [-0.2, 0) is 10.8 Å². The lowest BCUT2D eigenvalue weighted by Gasteiger charge is -2.29. The van der Waals surface area contributed by atoms with Crippen LogP contribution in [-0.4, -0.2) is 28.8 Å². The highest BCUT2D eigenvalue weighted by Crippen LogP contribution is 2.43. The molecule has 3 heteroatoms. The molecular formula is C12H23NOS. The van der Waals surface area contributed by atoms with Gasteiger partial charge in [0.1, 0.15) is 0 Å². The van der Waals surface area contributed by atoms with Crippen molar-refractivity contribution in [2.45, 2.75) is 44.6 Å². The molecule has 0 heterocycles. The van der Waals surface area contributed by atoms with Gasteiger partial charge in [0, 0.05) is 35.4 Å². The highest BCUT2D eigenvalue weighted by Gasteiger charge is 2.34. The minimum Gasteiger partial charge on any atom is -0.313 e. The smallest absolute Gasteiger partial charge is 0.0357 e. The Bertz CT molecular complexity index is 228. The lowest BCUT2D eigenvalue weighted by atomic mass is 9.83. The van der Waals surface area contributed by atoms with Crippen LogP contribution < -0.4 is 5.32 Å². The van der Waals surface area contributed by atoms with Crippen LogP contribution in [0.3, 0.4) is 0 Å². The van der Waals surface area contributed by atoms with E-state index in [4.69, 9.17) is 0 Å². The maximum Gasteiger partial charge on any atom is 0.0357 e. The van der Waals surface area contributed by atoms with Gasteiger partial charge in [0.2, 0.25) is 0 Å². The van der Waals surface area contributed by atoms with Gasteiger partial charge in [-0.3, -0.25) is 4.21 Å². The summed E-state index contributed by atoms with van der Waals surface area (Å²) in [5, 5.41) is 3.57. The molecule has 0 aromatic carbocycles. The number of rotatable bonds is 5. The maximum absolute atomic E-state index is 10.9. The number of hydrogen-bond donors (Lipinski definition) is 1. The second-order valence-corrected chi connectivity index (χ2v) is 6.75. The first-order chi connectivity index (χ1) is 7.25. The SMILES string of the molecule is CS(=O)CCNC1CCCC(C2CC2)C1. The highest BCUT2D eigenvalue weighted by atomic mass is 32.2. The Balaban J connectivity index is 1.65. The Kier molecular flexibility index (Phi) is 4.21. The van der Waals surface area contributed by atoms with Gasteiger partial charge in [0.25, 0.3) is 0 Å². The summed E-state index contributed by atoms with van der Waals surface area (Å²) >= 11 is 0. The molecule has 3 unspecified atom stereocenters. The Morgan fingerprint density at radius 3 is 2.67 bits per heavy atom. The molecule has 1 N–H and O–H groups in total. The molecule has 15 heavy (non-hydrogen) atoms. The minimum atomic E-state index is -0.638. The van der Waals surface area contributed by atoms with Gasteiger partial charge in [-0.2, -0.15) is 0 Å². The van der Waals surface area contributed by atoms with Crippen molar-refractivity contribution in [3.05, 3.63) is 0 Å². The molecule has 0 bridgehead atoms. The van der Waals surface area contributed by atoms with Gasteiger partial charge in [-0.1, -0.05) is 12.8 Å². The standard InChI is InChI=1S/C12H23NOS/c1-15(14)8-7-13-12-4-2-3-11(9-12)10-5-6-10/h10-13H,2-9H2,1H3. The molecule has 0 amide bonds. The van der Waals surface area contributed by atoms with Crippen molar-refractivity contribution < 1.29 is 4.21 Å². The molecule has 2 aliphatic rings. The van der Waals surface area contributed by atoms with E-state index in [9.17, 15) is 4.21 Å². The zero-order chi connectivity index (χ0) is 10.7. The van der Waals surface area contributed by atoms with Gasteiger partial charge in [0.15, 0.2) is 0 Å². The monoisotopic (exact) mass is 229 g/mol. The molecule has 0 spiro atoms. The van der Waals surface area contributed by atoms with Crippen LogP contribution in [0.15, 0.2) is 0 Å². The Morgan fingerprint density at radius 2 is 2.00 bits per heavy atom. The van der Waals surface area contributed by atoms with E-state index in [0.717, 1.165) is 24.1 Å². The van der Waals surface area contributed by atoms with Crippen molar-refractivity contribution in [2.75, 3.05) is 18.6 Å². The van der Waals surface area contributed by atoms with Gasteiger partial charge < -0.3 is 5.32 Å². The molecule has 2 fully saturated rings. The van der Waals surface area contributed by atoms with Crippen LogP contribution >= 0.6 is 0 Å². The zero-order valence-electron chi connectivity index (χ0n) is 9.71. The van der Waals surface area contributed by atoms with Crippen LogP contribution in [0.2, 0.25) is 0 Å². The van der Waals surface area contributed by atoms with Crippen molar-refractivity contribution in [1.82, 2.24) is 5.32 Å². The Morgan fingerprint density at radius 1 is 1.20 bits per heavy atom. The summed E-state index contributed by atoms with van der Waals surface area (Å²) in [5.74, 6) is 2.88. The topological polar surface area (TPSA) is 29.1 Å². The fourth-order valence-electron chi connectivity index (χ4n) is 2.82. The van der Waals surface area contributed by atoms with Gasteiger partial charge in [-0.25, -0.2) is 0 Å². The molecule has 88 valence electrons. The normalized spacial score (nSPS) is 33.9. The average Bonchev–Trinajstić information content (AvgIpc) is 3.01. The third kappa shape index (κ3) is 3.87. The van der Waals surface area contributed by atoms with E-state index in [1.54, 1.807) is 6.26 Å². The molecular weight excluding hydrogens is 206 g/mol. The van der Waals surface area contributed by atoms with Crippen molar-refractivity contribution in [1.29, 1.82) is 0 Å². The van der Waals surface area contributed by atoms with E-state index in [-0.39, 0.29) is 0 Å². The van der Waals surface area contributed by atoms with Crippen LogP contribution in [0.4, 0.5) is 0 Å². The lowest BCUT2D eigenvalue weighted by Crippen LogP contribution is -2.36. The molecule has 2 rings (SSSR count). The fourth-order valence-corrected chi connectivity index (χ4v) is 3.22. The molecule has 3 atom stereocenters. The summed E-state index contributed by atoms with van der Waals surface area (Å²) in [4.78, 5) is 0. The summed E-state index contributed by atoms with van der Waals surface area (Å²) in [6.45, 7) is 0.936. The highest BCUT2D eigenvalue weighted by molar-refractivity contribution is 7.84. The van der Waals surface area contributed by atoms with Crippen molar-refractivity contribution >= 4 is 10.8 Å². The van der Waals surface area contributed by atoms with Crippen molar-refractivity contribution in [2.24, 2.45) is 11.8 Å². The summed E-state index contributed by atoms with van der Waals surface area (Å²) in [6, 6.07) is 0.716. The van der Waals surface area contributed by atoms with Gasteiger partial charge in [-0.05, 0) is 37.5 Å². The molecule has 0 aromatic rings. The minimum absolute atomic E-state index is 0.638. The zero-order valence-corrected chi connectivity index (χ0v) is 10.5. The predicted octanol–water partition coefficient (Wildman–Crippen LogP) is 1.92. The quantitative estimate of drug-likeness (QED) is 0.780. The summed E-state index contributed by atoms with van der Waals surface area (Å²) in [7, 11) is -0.638. The molecule has 0 aliphatic heterocycles. The number of nitrogens with one attached hydrogen (secondary N) is 1. The van der Waals surface area contributed by atoms with Gasteiger partial charge in [0.05, 0.1) is 0 Å². The first-order valence-electron chi connectivity index (χ1n) is 6.29. The van der Waals surface area contributed by atoms with Crippen LogP contribution in [0.25, 0.3) is 0 Å². The van der Waals surface area contributed by atoms with E-state index in [0.29, 0.717) is 6.04 Å². The van der Waals surface area contributed by atoms with E-state index < -0.39 is 10.8 Å². The molecule has 2 nitrogen and oxygen atoms in total. The first kappa shape index (κ1) is 11.6. The van der Waals surface area contributed by atoms with Gasteiger partial charge >= 0.3 is 0 Å². The molecule has 0 aromatic heterocycles. The second kappa shape index (κ2) is 5.44. The van der Waals surface area contributed by atoms with Crippen molar-refractivity contribution in [3.8, 4) is 0 Å². The van der Waals surface area contributed by atoms with E-state index >= 15 is 0 Å².